The van der Waals surface area contributed by atoms with Crippen LogP contribution < -0.4 is 0 Å². The average molecular weight is 269 g/mol. The fourth-order valence-corrected chi connectivity index (χ4v) is 2.43. The van der Waals surface area contributed by atoms with E-state index in [1.807, 2.05) is 20.8 Å². The van der Waals surface area contributed by atoms with Crippen molar-refractivity contribution in [2.24, 2.45) is 17.3 Å². The van der Waals surface area contributed by atoms with E-state index in [2.05, 4.69) is 0 Å². The van der Waals surface area contributed by atoms with Gasteiger partial charge < -0.3 is 9.64 Å². The monoisotopic (exact) mass is 269 g/mol. The zero-order valence-electron chi connectivity index (χ0n) is 12.4. The van der Waals surface area contributed by atoms with Crippen molar-refractivity contribution in [3.63, 3.8) is 0 Å². The minimum Gasteiger partial charge on any atom is -0.466 e. The fourth-order valence-electron chi connectivity index (χ4n) is 2.43. The Kier molecular flexibility index (Phi) is 4.71. The van der Waals surface area contributed by atoms with Crippen LogP contribution in [0.4, 0.5) is 0 Å². The second kappa shape index (κ2) is 5.72. The van der Waals surface area contributed by atoms with Crippen molar-refractivity contribution in [2.45, 2.75) is 34.6 Å². The molecule has 0 aromatic heterocycles. The van der Waals surface area contributed by atoms with Gasteiger partial charge in [0.1, 0.15) is 11.7 Å². The van der Waals surface area contributed by atoms with E-state index < -0.39 is 17.8 Å². The third-order valence-electron chi connectivity index (χ3n) is 3.09. The topological polar surface area (TPSA) is 63.7 Å². The van der Waals surface area contributed by atoms with Gasteiger partial charge in [-0.05, 0) is 19.3 Å². The number of likely N-dealkylation sites (tertiary alicyclic amines) is 1. The highest BCUT2D eigenvalue weighted by Crippen LogP contribution is 2.29. The summed E-state index contributed by atoms with van der Waals surface area (Å²) in [6, 6.07) is 0. The first kappa shape index (κ1) is 15.7. The summed E-state index contributed by atoms with van der Waals surface area (Å²) in [5, 5.41) is 0. The number of hydrogen-bond donors (Lipinski definition) is 0. The van der Waals surface area contributed by atoms with Gasteiger partial charge >= 0.3 is 5.97 Å². The molecule has 0 aromatic carbocycles. The van der Waals surface area contributed by atoms with Crippen LogP contribution >= 0.6 is 0 Å². The van der Waals surface area contributed by atoms with Gasteiger partial charge in [0.05, 0.1) is 12.5 Å². The second-order valence-corrected chi connectivity index (χ2v) is 6.23. The summed E-state index contributed by atoms with van der Waals surface area (Å²) in [5.41, 5.74) is -0.0689. The van der Waals surface area contributed by atoms with Gasteiger partial charge in [0.15, 0.2) is 0 Å². The molecule has 1 aliphatic heterocycles. The summed E-state index contributed by atoms with van der Waals surface area (Å²) in [6.45, 7) is 10.2. The van der Waals surface area contributed by atoms with Gasteiger partial charge in [0.25, 0.3) is 0 Å². The van der Waals surface area contributed by atoms with Crippen molar-refractivity contribution in [2.75, 3.05) is 19.7 Å². The van der Waals surface area contributed by atoms with Gasteiger partial charge in [-0.3, -0.25) is 14.4 Å². The molecular formula is C14H23NO4. The zero-order valence-corrected chi connectivity index (χ0v) is 12.4. The second-order valence-electron chi connectivity index (χ2n) is 6.23. The standard InChI is InChI=1S/C14H23NO4/c1-6-19-13(18)10-7-15(8-14(3,4)5)12(17)11(10)9(2)16/h10-11H,6-8H2,1-5H3/t10-,11+/m0/s1. The molecule has 0 N–H and O–H groups in total. The Bertz CT molecular complexity index is 383. The van der Waals surface area contributed by atoms with E-state index in [0.717, 1.165) is 0 Å². The van der Waals surface area contributed by atoms with Crippen LogP contribution in [0.1, 0.15) is 34.6 Å². The lowest BCUT2D eigenvalue weighted by atomic mass is 9.92. The lowest BCUT2D eigenvalue weighted by Crippen LogP contribution is -2.36. The summed E-state index contributed by atoms with van der Waals surface area (Å²) in [4.78, 5) is 37.3. The van der Waals surface area contributed by atoms with Crippen LogP contribution in [0.2, 0.25) is 0 Å². The Morgan fingerprint density at radius 1 is 1.37 bits per heavy atom. The third kappa shape index (κ3) is 3.78. The Morgan fingerprint density at radius 3 is 2.37 bits per heavy atom. The summed E-state index contributed by atoms with van der Waals surface area (Å²) >= 11 is 0. The summed E-state index contributed by atoms with van der Waals surface area (Å²) in [5.74, 6) is -2.50. The average Bonchev–Trinajstić information content (AvgIpc) is 2.54. The molecule has 2 atom stereocenters. The van der Waals surface area contributed by atoms with Gasteiger partial charge in [-0.25, -0.2) is 0 Å². The minimum absolute atomic E-state index is 0.0689. The van der Waals surface area contributed by atoms with Crippen LogP contribution in [0, 0.1) is 17.3 Å². The van der Waals surface area contributed by atoms with E-state index in [1.165, 1.54) is 6.92 Å². The van der Waals surface area contributed by atoms with Crippen LogP contribution in [0.15, 0.2) is 0 Å². The molecule has 1 fully saturated rings. The number of rotatable bonds is 4. The number of esters is 1. The van der Waals surface area contributed by atoms with E-state index >= 15 is 0 Å². The number of ketones is 1. The van der Waals surface area contributed by atoms with Crippen molar-refractivity contribution in [1.29, 1.82) is 0 Å². The molecule has 1 aliphatic rings. The van der Waals surface area contributed by atoms with E-state index in [4.69, 9.17) is 4.74 Å². The normalized spacial score (nSPS) is 23.6. The van der Waals surface area contributed by atoms with Gasteiger partial charge in [-0.15, -0.1) is 0 Å². The summed E-state index contributed by atoms with van der Waals surface area (Å²) in [6.07, 6.45) is 0. The van der Waals surface area contributed by atoms with Crippen LogP contribution in [0.5, 0.6) is 0 Å². The van der Waals surface area contributed by atoms with Gasteiger partial charge in [-0.1, -0.05) is 20.8 Å². The lowest BCUT2D eigenvalue weighted by Gasteiger charge is -2.26. The molecule has 0 bridgehead atoms. The molecule has 0 aromatic rings. The number of carbonyl (C=O) groups is 3. The number of amides is 1. The number of nitrogens with zero attached hydrogens (tertiary/aromatic N) is 1. The molecule has 1 amide bonds. The molecule has 1 rings (SSSR count). The Morgan fingerprint density at radius 2 is 1.95 bits per heavy atom. The van der Waals surface area contributed by atoms with Crippen molar-refractivity contribution in [3.05, 3.63) is 0 Å². The van der Waals surface area contributed by atoms with Crippen LogP contribution in [0.3, 0.4) is 0 Å². The van der Waals surface area contributed by atoms with Crippen LogP contribution in [-0.2, 0) is 19.1 Å². The molecule has 0 aliphatic carbocycles. The largest absolute Gasteiger partial charge is 0.466 e. The van der Waals surface area contributed by atoms with Gasteiger partial charge in [0, 0.05) is 13.1 Å². The molecule has 5 nitrogen and oxygen atoms in total. The number of hydrogen-bond acceptors (Lipinski definition) is 4. The zero-order chi connectivity index (χ0) is 14.8. The Labute approximate surface area is 114 Å². The molecule has 0 radical (unpaired) electrons. The highest BCUT2D eigenvalue weighted by molar-refractivity contribution is 6.05. The maximum absolute atomic E-state index is 12.2. The highest BCUT2D eigenvalue weighted by Gasteiger charge is 2.48. The number of Topliss-reactive ketones (excluding diaryl/α,β-unsaturated/α-hetero) is 1. The molecule has 1 saturated heterocycles. The van der Waals surface area contributed by atoms with Crippen molar-refractivity contribution >= 4 is 17.7 Å². The molecule has 108 valence electrons. The Balaban J connectivity index is 2.90. The Hall–Kier alpha value is -1.39. The molecule has 19 heavy (non-hydrogen) atoms. The first-order chi connectivity index (χ1) is 8.67. The minimum atomic E-state index is -0.874. The third-order valence-corrected chi connectivity index (χ3v) is 3.09. The summed E-state index contributed by atoms with van der Waals surface area (Å²) in [7, 11) is 0. The predicted octanol–water partition coefficient (Wildman–Crippen LogP) is 1.26. The van der Waals surface area contributed by atoms with Crippen LogP contribution in [0.25, 0.3) is 0 Å². The maximum Gasteiger partial charge on any atom is 0.312 e. The molecule has 1 heterocycles. The van der Waals surface area contributed by atoms with Crippen molar-refractivity contribution in [1.82, 2.24) is 4.90 Å². The summed E-state index contributed by atoms with van der Waals surface area (Å²) < 4.78 is 4.96. The first-order valence-electron chi connectivity index (χ1n) is 6.63. The van der Waals surface area contributed by atoms with Gasteiger partial charge in [0.2, 0.25) is 5.91 Å². The molecular weight excluding hydrogens is 246 g/mol. The highest BCUT2D eigenvalue weighted by atomic mass is 16.5. The van der Waals surface area contributed by atoms with Crippen molar-refractivity contribution in [3.8, 4) is 0 Å². The lowest BCUT2D eigenvalue weighted by molar-refractivity contribution is -0.152. The fraction of sp³-hybridized carbons (Fsp3) is 0.786. The smallest absolute Gasteiger partial charge is 0.312 e. The quantitative estimate of drug-likeness (QED) is 0.569. The molecule has 0 spiro atoms. The van der Waals surface area contributed by atoms with E-state index in [-0.39, 0.29) is 30.3 Å². The van der Waals surface area contributed by atoms with E-state index in [1.54, 1.807) is 11.8 Å². The number of carbonyl (C=O) groups excluding carboxylic acids is 3. The maximum atomic E-state index is 12.2. The first-order valence-corrected chi connectivity index (χ1v) is 6.63. The van der Waals surface area contributed by atoms with Crippen LogP contribution in [-0.4, -0.2) is 42.3 Å². The molecule has 5 heteroatoms. The van der Waals surface area contributed by atoms with E-state index in [0.29, 0.717) is 6.54 Å². The molecule has 0 unspecified atom stereocenters. The van der Waals surface area contributed by atoms with Gasteiger partial charge in [-0.2, -0.15) is 0 Å². The SMILES string of the molecule is CCOC(=O)[C@H]1CN(CC(C)(C)C)C(=O)[C@@H]1C(C)=O. The molecule has 0 saturated carbocycles. The predicted molar refractivity (Wildman–Crippen MR) is 70.3 cm³/mol. The van der Waals surface area contributed by atoms with E-state index in [9.17, 15) is 14.4 Å². The number of ether oxygens (including phenoxy) is 1. The van der Waals surface area contributed by atoms with Crippen molar-refractivity contribution < 1.29 is 19.1 Å².